The van der Waals surface area contributed by atoms with Gasteiger partial charge in [0.2, 0.25) is 10.0 Å². The van der Waals surface area contributed by atoms with Gasteiger partial charge in [0, 0.05) is 11.7 Å². The molecule has 0 aliphatic heterocycles. The van der Waals surface area contributed by atoms with Crippen LogP contribution < -0.4 is 10.0 Å². The van der Waals surface area contributed by atoms with E-state index in [4.69, 9.17) is 4.74 Å². The lowest BCUT2D eigenvalue weighted by molar-refractivity contribution is -0.123. The zero-order valence-electron chi connectivity index (χ0n) is 16.9. The van der Waals surface area contributed by atoms with Crippen LogP contribution in [0.3, 0.4) is 0 Å². The number of anilines is 1. The van der Waals surface area contributed by atoms with Gasteiger partial charge >= 0.3 is 5.97 Å². The summed E-state index contributed by atoms with van der Waals surface area (Å²) in [6.07, 6.45) is 0.643. The van der Waals surface area contributed by atoms with Crippen molar-refractivity contribution in [1.29, 1.82) is 0 Å². The number of hydrogen-bond donors (Lipinski definition) is 2. The first-order chi connectivity index (χ1) is 14.8. The summed E-state index contributed by atoms with van der Waals surface area (Å²) in [7, 11) is -3.59. The highest BCUT2D eigenvalue weighted by Gasteiger charge is 2.28. The highest BCUT2D eigenvalue weighted by molar-refractivity contribution is 7.89. The Morgan fingerprint density at radius 2 is 1.65 bits per heavy atom. The smallest absolute Gasteiger partial charge is 0.338 e. The molecule has 4 rings (SSSR count). The number of carbonyl (C=O) groups excluding carboxylic acids is 2. The largest absolute Gasteiger partial charge is 0.449 e. The van der Waals surface area contributed by atoms with E-state index in [9.17, 15) is 18.0 Å². The monoisotopic (exact) mass is 438 g/mol. The van der Waals surface area contributed by atoms with Crippen LogP contribution in [0.2, 0.25) is 0 Å². The first-order valence-electron chi connectivity index (χ1n) is 9.95. The van der Waals surface area contributed by atoms with Crippen LogP contribution in [0.25, 0.3) is 10.8 Å². The number of sulfonamides is 1. The minimum atomic E-state index is -3.59. The SMILES string of the molecule is CC(OC(=O)c1ccc(S(=O)(=O)NC2CC2)cc1)C(=O)Nc1ccc2ccccc2c1. The second-order valence-corrected chi connectivity index (χ2v) is 9.23. The average Bonchev–Trinajstić information content (AvgIpc) is 3.57. The molecule has 0 saturated heterocycles. The summed E-state index contributed by atoms with van der Waals surface area (Å²) in [6.45, 7) is 1.48. The first kappa shape index (κ1) is 21.0. The van der Waals surface area contributed by atoms with Gasteiger partial charge in [-0.1, -0.05) is 30.3 Å². The molecular weight excluding hydrogens is 416 g/mol. The molecule has 0 bridgehead atoms. The van der Waals surface area contributed by atoms with Crippen molar-refractivity contribution in [1.82, 2.24) is 4.72 Å². The molecule has 1 aliphatic carbocycles. The number of carbonyl (C=O) groups is 2. The molecule has 7 nitrogen and oxygen atoms in total. The molecule has 3 aromatic carbocycles. The maximum atomic E-state index is 12.4. The van der Waals surface area contributed by atoms with E-state index < -0.39 is 28.0 Å². The number of hydrogen-bond acceptors (Lipinski definition) is 5. The Morgan fingerprint density at radius 1 is 0.968 bits per heavy atom. The highest BCUT2D eigenvalue weighted by atomic mass is 32.2. The predicted octanol–water partition coefficient (Wildman–Crippen LogP) is 3.46. The molecule has 8 heteroatoms. The van der Waals surface area contributed by atoms with Crippen molar-refractivity contribution >= 4 is 38.4 Å². The molecule has 1 atom stereocenters. The Bertz CT molecular complexity index is 1230. The zero-order valence-corrected chi connectivity index (χ0v) is 17.7. The van der Waals surface area contributed by atoms with E-state index in [2.05, 4.69) is 10.0 Å². The van der Waals surface area contributed by atoms with E-state index in [-0.39, 0.29) is 16.5 Å². The van der Waals surface area contributed by atoms with E-state index in [0.717, 1.165) is 23.6 Å². The Hall–Kier alpha value is -3.23. The van der Waals surface area contributed by atoms with Crippen molar-refractivity contribution in [3.63, 3.8) is 0 Å². The van der Waals surface area contributed by atoms with E-state index >= 15 is 0 Å². The fourth-order valence-electron chi connectivity index (χ4n) is 3.05. The summed E-state index contributed by atoms with van der Waals surface area (Å²) < 4.78 is 32.2. The van der Waals surface area contributed by atoms with E-state index in [1.165, 1.54) is 31.2 Å². The van der Waals surface area contributed by atoms with E-state index in [1.54, 1.807) is 6.07 Å². The molecule has 1 aliphatic rings. The molecule has 2 N–H and O–H groups in total. The van der Waals surface area contributed by atoms with E-state index in [1.807, 2.05) is 36.4 Å². The van der Waals surface area contributed by atoms with Crippen molar-refractivity contribution in [2.75, 3.05) is 5.32 Å². The Kier molecular flexibility index (Phi) is 5.75. The Morgan fingerprint density at radius 3 is 2.32 bits per heavy atom. The van der Waals surface area contributed by atoms with Gasteiger partial charge in [0.1, 0.15) is 0 Å². The fourth-order valence-corrected chi connectivity index (χ4v) is 4.36. The van der Waals surface area contributed by atoms with Crippen LogP contribution in [0.15, 0.2) is 71.6 Å². The van der Waals surface area contributed by atoms with Crippen molar-refractivity contribution in [3.05, 3.63) is 72.3 Å². The third-order valence-corrected chi connectivity index (χ3v) is 6.51. The lowest BCUT2D eigenvalue weighted by Gasteiger charge is -2.14. The second-order valence-electron chi connectivity index (χ2n) is 7.52. The summed E-state index contributed by atoms with van der Waals surface area (Å²) in [4.78, 5) is 24.9. The van der Waals surface area contributed by atoms with Crippen LogP contribution in [0.1, 0.15) is 30.1 Å². The first-order valence-corrected chi connectivity index (χ1v) is 11.4. The van der Waals surface area contributed by atoms with Crippen LogP contribution in [-0.4, -0.2) is 32.4 Å². The van der Waals surface area contributed by atoms with Crippen LogP contribution in [0, 0.1) is 0 Å². The van der Waals surface area contributed by atoms with Gasteiger partial charge in [-0.2, -0.15) is 0 Å². The topological polar surface area (TPSA) is 102 Å². The van der Waals surface area contributed by atoms with Gasteiger partial charge in [-0.3, -0.25) is 4.79 Å². The van der Waals surface area contributed by atoms with Crippen molar-refractivity contribution in [2.24, 2.45) is 0 Å². The third-order valence-electron chi connectivity index (χ3n) is 4.97. The van der Waals surface area contributed by atoms with Gasteiger partial charge in [0.25, 0.3) is 5.91 Å². The lowest BCUT2D eigenvalue weighted by Crippen LogP contribution is -2.30. The minimum Gasteiger partial charge on any atom is -0.449 e. The molecule has 0 aromatic heterocycles. The van der Waals surface area contributed by atoms with Crippen LogP contribution >= 0.6 is 0 Å². The minimum absolute atomic E-state index is 0.00314. The molecule has 31 heavy (non-hydrogen) atoms. The van der Waals surface area contributed by atoms with Crippen molar-refractivity contribution < 1.29 is 22.7 Å². The predicted molar refractivity (Wildman–Crippen MR) is 117 cm³/mol. The molecule has 0 spiro atoms. The lowest BCUT2D eigenvalue weighted by atomic mass is 10.1. The van der Waals surface area contributed by atoms with Gasteiger partial charge in [-0.25, -0.2) is 17.9 Å². The van der Waals surface area contributed by atoms with E-state index in [0.29, 0.717) is 5.69 Å². The van der Waals surface area contributed by atoms with Gasteiger partial charge in [0.05, 0.1) is 10.5 Å². The standard InChI is InChI=1S/C23H22N2O5S/c1-15(22(26)24-20-9-6-16-4-2-3-5-18(16)14-20)30-23(27)17-7-12-21(13-8-17)31(28,29)25-19-10-11-19/h2-9,12-15,19,25H,10-11H2,1H3,(H,24,26). The summed E-state index contributed by atoms with van der Waals surface area (Å²) >= 11 is 0. The molecule has 1 fully saturated rings. The van der Waals surface area contributed by atoms with Crippen LogP contribution in [-0.2, 0) is 19.6 Å². The molecule has 0 heterocycles. The number of amides is 1. The third kappa shape index (κ3) is 5.10. The zero-order chi connectivity index (χ0) is 22.0. The normalized spacial score (nSPS) is 14.7. The Balaban J connectivity index is 1.37. The number of ether oxygens (including phenoxy) is 1. The molecule has 1 unspecified atom stereocenters. The maximum absolute atomic E-state index is 12.4. The molecular formula is C23H22N2O5S. The number of fused-ring (bicyclic) bond motifs is 1. The highest BCUT2D eigenvalue weighted by Crippen LogP contribution is 2.22. The quantitative estimate of drug-likeness (QED) is 0.550. The summed E-state index contributed by atoms with van der Waals surface area (Å²) in [6, 6.07) is 18.7. The Labute approximate surface area is 180 Å². The molecule has 1 amide bonds. The van der Waals surface area contributed by atoms with Crippen LogP contribution in [0.4, 0.5) is 5.69 Å². The summed E-state index contributed by atoms with van der Waals surface area (Å²) in [5, 5.41) is 4.78. The number of nitrogens with one attached hydrogen (secondary N) is 2. The number of benzene rings is 3. The van der Waals surface area contributed by atoms with Gasteiger partial charge in [0.15, 0.2) is 6.10 Å². The van der Waals surface area contributed by atoms with Gasteiger partial charge in [-0.05, 0) is 66.9 Å². The number of rotatable bonds is 7. The van der Waals surface area contributed by atoms with Crippen LogP contribution in [0.5, 0.6) is 0 Å². The fraction of sp³-hybridized carbons (Fsp3) is 0.217. The maximum Gasteiger partial charge on any atom is 0.338 e. The summed E-state index contributed by atoms with van der Waals surface area (Å²) in [5.41, 5.74) is 0.764. The molecule has 3 aromatic rings. The molecule has 1 saturated carbocycles. The van der Waals surface area contributed by atoms with Gasteiger partial charge in [-0.15, -0.1) is 0 Å². The van der Waals surface area contributed by atoms with Gasteiger partial charge < -0.3 is 10.1 Å². The number of esters is 1. The molecule has 160 valence electrons. The van der Waals surface area contributed by atoms with Crippen molar-refractivity contribution in [3.8, 4) is 0 Å². The average molecular weight is 439 g/mol. The summed E-state index contributed by atoms with van der Waals surface area (Å²) in [5.74, 6) is -1.17. The second kappa shape index (κ2) is 8.49. The van der Waals surface area contributed by atoms with Crippen molar-refractivity contribution in [2.45, 2.75) is 36.8 Å². The molecule has 0 radical (unpaired) electrons.